The van der Waals surface area contributed by atoms with Crippen molar-refractivity contribution in [2.45, 2.75) is 49.3 Å². The Hall–Kier alpha value is -0.910. The number of hydrogen-bond donors (Lipinski definition) is 2. The highest BCUT2D eigenvalue weighted by atomic mass is 32.2. The molecule has 0 radical (unpaired) electrons. The van der Waals surface area contributed by atoms with E-state index in [1.54, 1.807) is 4.90 Å². The molecule has 0 bridgehead atoms. The number of likely N-dealkylation sites (tertiary alicyclic amines) is 1. The number of carbonyl (C=O) groups is 2. The summed E-state index contributed by atoms with van der Waals surface area (Å²) in [5.74, 6) is -0.302. The number of nitrogens with one attached hydrogen (secondary N) is 1. The minimum absolute atomic E-state index is 0.159. The van der Waals surface area contributed by atoms with Crippen LogP contribution in [0.3, 0.4) is 0 Å². The van der Waals surface area contributed by atoms with Gasteiger partial charge in [-0.3, -0.25) is 0 Å². The van der Waals surface area contributed by atoms with Gasteiger partial charge in [0.25, 0.3) is 0 Å². The second-order valence-electron chi connectivity index (χ2n) is 6.69. The molecule has 0 aromatic carbocycles. The van der Waals surface area contributed by atoms with E-state index in [0.29, 0.717) is 19.0 Å². The second kappa shape index (κ2) is 5.71. The highest BCUT2D eigenvalue weighted by molar-refractivity contribution is 8.00. The molecule has 1 aliphatic heterocycles. The molecule has 0 aromatic heterocycles. The number of urea groups is 1. The molecule has 2 aliphatic carbocycles. The number of carbonyl (C=O) groups excluding carboxylic acids is 1. The summed E-state index contributed by atoms with van der Waals surface area (Å²) in [5, 5.41) is 12.5. The lowest BCUT2D eigenvalue weighted by molar-refractivity contribution is -0.142. The molecule has 0 spiro atoms. The first kappa shape index (κ1) is 15.0. The molecule has 118 valence electrons. The van der Waals surface area contributed by atoms with Gasteiger partial charge in [-0.1, -0.05) is 12.8 Å². The standard InChI is InChI=1S/C15H24N2O3S/c1-21-15(6-3-7-15)9-16-14(20)17-8-10-4-2-5-11(10)12(17)13(18)19/h10-12H,2-9H2,1H3,(H,16,20)(H,18,19). The molecule has 2 N–H and O–H groups in total. The zero-order chi connectivity index (χ0) is 15.0. The van der Waals surface area contributed by atoms with Crippen molar-refractivity contribution in [3.63, 3.8) is 0 Å². The first-order chi connectivity index (χ1) is 10.1. The molecule has 0 aromatic rings. The lowest BCUT2D eigenvalue weighted by Crippen LogP contribution is -2.52. The van der Waals surface area contributed by atoms with Crippen molar-refractivity contribution < 1.29 is 14.7 Å². The van der Waals surface area contributed by atoms with E-state index in [-0.39, 0.29) is 16.7 Å². The molecule has 3 unspecified atom stereocenters. The normalized spacial score (nSPS) is 33.4. The van der Waals surface area contributed by atoms with Crippen LogP contribution in [0.5, 0.6) is 0 Å². The fourth-order valence-corrected chi connectivity index (χ4v) is 5.11. The van der Waals surface area contributed by atoms with E-state index in [1.807, 2.05) is 11.8 Å². The summed E-state index contributed by atoms with van der Waals surface area (Å²) in [7, 11) is 0. The molecule has 2 amide bonds. The van der Waals surface area contributed by atoms with Crippen LogP contribution in [0.15, 0.2) is 0 Å². The highest BCUT2D eigenvalue weighted by Crippen LogP contribution is 2.43. The van der Waals surface area contributed by atoms with Gasteiger partial charge >= 0.3 is 12.0 Å². The molecule has 3 atom stereocenters. The van der Waals surface area contributed by atoms with Crippen LogP contribution >= 0.6 is 11.8 Å². The molecule has 3 fully saturated rings. The molecular formula is C15H24N2O3S. The van der Waals surface area contributed by atoms with Gasteiger partial charge in [0.15, 0.2) is 0 Å². The Morgan fingerprint density at radius 3 is 2.67 bits per heavy atom. The van der Waals surface area contributed by atoms with Crippen LogP contribution in [0.4, 0.5) is 4.79 Å². The van der Waals surface area contributed by atoms with Gasteiger partial charge in [-0.2, -0.15) is 11.8 Å². The zero-order valence-electron chi connectivity index (χ0n) is 12.5. The molecule has 3 aliphatic rings. The van der Waals surface area contributed by atoms with E-state index >= 15 is 0 Å². The lowest BCUT2D eigenvalue weighted by atomic mass is 9.84. The van der Waals surface area contributed by atoms with Crippen molar-refractivity contribution in [2.75, 3.05) is 19.3 Å². The van der Waals surface area contributed by atoms with E-state index < -0.39 is 12.0 Å². The van der Waals surface area contributed by atoms with Crippen molar-refractivity contribution in [1.29, 1.82) is 0 Å². The third-order valence-corrected chi connectivity index (χ3v) is 7.08. The van der Waals surface area contributed by atoms with E-state index in [9.17, 15) is 14.7 Å². The Kier molecular flexibility index (Phi) is 4.08. The Morgan fingerprint density at radius 1 is 1.33 bits per heavy atom. The summed E-state index contributed by atoms with van der Waals surface area (Å²) in [4.78, 5) is 25.6. The number of fused-ring (bicyclic) bond motifs is 1. The lowest BCUT2D eigenvalue weighted by Gasteiger charge is -2.41. The van der Waals surface area contributed by atoms with Crippen LogP contribution in [0.25, 0.3) is 0 Å². The summed E-state index contributed by atoms with van der Waals surface area (Å²) >= 11 is 1.82. The number of carboxylic acids is 1. The first-order valence-corrected chi connectivity index (χ1v) is 9.11. The minimum Gasteiger partial charge on any atom is -0.480 e. The van der Waals surface area contributed by atoms with Crippen molar-refractivity contribution in [1.82, 2.24) is 10.2 Å². The van der Waals surface area contributed by atoms with E-state index in [0.717, 1.165) is 32.1 Å². The van der Waals surface area contributed by atoms with E-state index in [2.05, 4.69) is 11.6 Å². The predicted octanol–water partition coefficient (Wildman–Crippen LogP) is 2.17. The summed E-state index contributed by atoms with van der Waals surface area (Å²) < 4.78 is 0.184. The van der Waals surface area contributed by atoms with Gasteiger partial charge in [0.2, 0.25) is 0 Å². The number of rotatable bonds is 4. The summed E-state index contributed by atoms with van der Waals surface area (Å²) in [6, 6.07) is -0.804. The number of amides is 2. The zero-order valence-corrected chi connectivity index (χ0v) is 13.3. The van der Waals surface area contributed by atoms with Crippen molar-refractivity contribution in [3.8, 4) is 0 Å². The number of aliphatic carboxylic acids is 1. The van der Waals surface area contributed by atoms with E-state index in [1.165, 1.54) is 6.42 Å². The largest absolute Gasteiger partial charge is 0.480 e. The third-order valence-electron chi connectivity index (χ3n) is 5.66. The maximum atomic E-state index is 12.4. The monoisotopic (exact) mass is 312 g/mol. The summed E-state index contributed by atoms with van der Waals surface area (Å²) in [6.45, 7) is 1.27. The quantitative estimate of drug-likeness (QED) is 0.834. The minimum atomic E-state index is -0.845. The first-order valence-electron chi connectivity index (χ1n) is 7.89. The van der Waals surface area contributed by atoms with Gasteiger partial charge in [-0.05, 0) is 43.8 Å². The van der Waals surface area contributed by atoms with Gasteiger partial charge in [-0.25, -0.2) is 9.59 Å². The topological polar surface area (TPSA) is 69.6 Å². The van der Waals surface area contributed by atoms with Crippen LogP contribution in [-0.2, 0) is 4.79 Å². The average molecular weight is 312 g/mol. The fraction of sp³-hybridized carbons (Fsp3) is 0.867. The summed E-state index contributed by atoms with van der Waals surface area (Å²) in [5.41, 5.74) is 0. The molecule has 21 heavy (non-hydrogen) atoms. The fourth-order valence-electron chi connectivity index (χ4n) is 4.19. The van der Waals surface area contributed by atoms with E-state index in [4.69, 9.17) is 0 Å². The molecule has 5 nitrogen and oxygen atoms in total. The molecule has 1 saturated heterocycles. The van der Waals surface area contributed by atoms with Crippen LogP contribution in [0.1, 0.15) is 38.5 Å². The van der Waals surface area contributed by atoms with Crippen LogP contribution in [0, 0.1) is 11.8 Å². The second-order valence-corrected chi connectivity index (χ2v) is 7.96. The van der Waals surface area contributed by atoms with Gasteiger partial charge < -0.3 is 15.3 Å². The number of carboxylic acid groups (broad SMARTS) is 1. The van der Waals surface area contributed by atoms with Crippen molar-refractivity contribution in [3.05, 3.63) is 0 Å². The Morgan fingerprint density at radius 2 is 2.10 bits per heavy atom. The number of nitrogens with zero attached hydrogens (tertiary/aromatic N) is 1. The predicted molar refractivity (Wildman–Crippen MR) is 82.5 cm³/mol. The Balaban J connectivity index is 1.62. The Labute approximate surface area is 129 Å². The number of thioether (sulfide) groups is 1. The maximum absolute atomic E-state index is 12.4. The molecule has 2 saturated carbocycles. The van der Waals surface area contributed by atoms with Gasteiger partial charge in [0, 0.05) is 17.8 Å². The molecule has 1 heterocycles. The molecule has 6 heteroatoms. The summed E-state index contributed by atoms with van der Waals surface area (Å²) in [6.07, 6.45) is 8.70. The smallest absolute Gasteiger partial charge is 0.326 e. The highest BCUT2D eigenvalue weighted by Gasteiger charge is 2.49. The van der Waals surface area contributed by atoms with Crippen molar-refractivity contribution in [2.24, 2.45) is 11.8 Å². The SMILES string of the molecule is CSC1(CNC(=O)N2CC3CCCC3C2C(=O)O)CCC1. The molecular weight excluding hydrogens is 288 g/mol. The van der Waals surface area contributed by atoms with Gasteiger partial charge in [0.05, 0.1) is 0 Å². The van der Waals surface area contributed by atoms with Gasteiger partial charge in [0.1, 0.15) is 6.04 Å². The van der Waals surface area contributed by atoms with Crippen LogP contribution in [0.2, 0.25) is 0 Å². The third kappa shape index (κ3) is 2.62. The van der Waals surface area contributed by atoms with Crippen molar-refractivity contribution >= 4 is 23.8 Å². The van der Waals surface area contributed by atoms with Crippen LogP contribution in [-0.4, -0.2) is 52.1 Å². The maximum Gasteiger partial charge on any atom is 0.326 e. The Bertz CT molecular complexity index is 433. The van der Waals surface area contributed by atoms with Gasteiger partial charge in [-0.15, -0.1) is 0 Å². The number of hydrogen-bond acceptors (Lipinski definition) is 3. The molecule has 3 rings (SSSR count). The van der Waals surface area contributed by atoms with Crippen LogP contribution < -0.4 is 5.32 Å². The average Bonchev–Trinajstić information content (AvgIpc) is 2.96.